The largest absolute Gasteiger partial charge is 0.377 e. The first-order valence-corrected chi connectivity index (χ1v) is 13.0. The lowest BCUT2D eigenvalue weighted by atomic mass is 10.00. The van der Waals surface area contributed by atoms with Gasteiger partial charge in [-0.25, -0.2) is 4.68 Å². The molecule has 8 nitrogen and oxygen atoms in total. The molecular weight excluding hydrogens is 460 g/mol. The van der Waals surface area contributed by atoms with E-state index >= 15 is 0 Å². The summed E-state index contributed by atoms with van der Waals surface area (Å²) in [6, 6.07) is 11.8. The van der Waals surface area contributed by atoms with Crippen molar-refractivity contribution in [1.82, 2.24) is 30.1 Å². The van der Waals surface area contributed by atoms with Crippen LogP contribution in [0.3, 0.4) is 0 Å². The Labute approximate surface area is 208 Å². The van der Waals surface area contributed by atoms with Gasteiger partial charge in [-0.15, -0.1) is 16.4 Å². The van der Waals surface area contributed by atoms with E-state index in [1.807, 2.05) is 35.9 Å². The third-order valence-electron chi connectivity index (χ3n) is 6.55. The van der Waals surface area contributed by atoms with Gasteiger partial charge in [0.25, 0.3) is 5.56 Å². The molecule has 0 amide bonds. The summed E-state index contributed by atoms with van der Waals surface area (Å²) in [5.41, 5.74) is 2.06. The van der Waals surface area contributed by atoms with Crippen molar-refractivity contribution in [3.8, 4) is 0 Å². The molecule has 0 spiro atoms. The first kappa shape index (κ1) is 23.8. The maximum Gasteiger partial charge on any atom is 0.253 e. The van der Waals surface area contributed by atoms with Crippen molar-refractivity contribution < 1.29 is 4.74 Å². The highest BCUT2D eigenvalue weighted by molar-refractivity contribution is 7.09. The van der Waals surface area contributed by atoms with Gasteiger partial charge in [0.15, 0.2) is 5.82 Å². The minimum Gasteiger partial charge on any atom is -0.377 e. The van der Waals surface area contributed by atoms with Crippen LogP contribution in [-0.4, -0.2) is 49.3 Å². The highest BCUT2D eigenvalue weighted by Gasteiger charge is 2.35. The lowest BCUT2D eigenvalue weighted by Crippen LogP contribution is -2.40. The van der Waals surface area contributed by atoms with Crippen molar-refractivity contribution in [2.24, 2.45) is 0 Å². The average molecular weight is 493 g/mol. The number of nitrogens with zero attached hydrogens (tertiary/aromatic N) is 5. The SMILES string of the molecule is Cc1cccc2cc([C@@H](c3nnnn3C(C)(C)C)N(Cc3cccs3)C[C@H]3CCCO3)c(=O)[nH]c12. The first-order valence-electron chi connectivity index (χ1n) is 12.1. The molecule has 1 fully saturated rings. The van der Waals surface area contributed by atoms with E-state index in [1.165, 1.54) is 4.88 Å². The highest BCUT2D eigenvalue weighted by Crippen LogP contribution is 2.32. The molecular formula is C26H32N6O2S. The van der Waals surface area contributed by atoms with Crippen molar-refractivity contribution in [2.45, 2.75) is 64.8 Å². The zero-order valence-electron chi connectivity index (χ0n) is 20.7. The second-order valence-corrected chi connectivity index (χ2v) is 11.3. The zero-order chi connectivity index (χ0) is 24.6. The first-order chi connectivity index (χ1) is 16.8. The Kier molecular flexibility index (Phi) is 6.57. The summed E-state index contributed by atoms with van der Waals surface area (Å²) in [6.45, 7) is 10.4. The van der Waals surface area contributed by atoms with Crippen LogP contribution >= 0.6 is 11.3 Å². The topological polar surface area (TPSA) is 88.9 Å². The molecule has 5 rings (SSSR count). The second-order valence-electron chi connectivity index (χ2n) is 10.3. The number of benzene rings is 1. The molecule has 0 unspecified atom stereocenters. The molecule has 4 aromatic rings. The smallest absolute Gasteiger partial charge is 0.253 e. The number of fused-ring (bicyclic) bond motifs is 1. The molecule has 1 N–H and O–H groups in total. The summed E-state index contributed by atoms with van der Waals surface area (Å²) in [6.07, 6.45) is 2.17. The number of para-hydroxylation sites is 1. The predicted molar refractivity (Wildman–Crippen MR) is 138 cm³/mol. The van der Waals surface area contributed by atoms with Crippen LogP contribution in [0.2, 0.25) is 0 Å². The van der Waals surface area contributed by atoms with Gasteiger partial charge >= 0.3 is 0 Å². The molecule has 35 heavy (non-hydrogen) atoms. The van der Waals surface area contributed by atoms with Gasteiger partial charge in [-0.3, -0.25) is 9.69 Å². The summed E-state index contributed by atoms with van der Waals surface area (Å²) in [5, 5.41) is 16.0. The van der Waals surface area contributed by atoms with Crippen LogP contribution in [0.5, 0.6) is 0 Å². The molecule has 1 aliphatic heterocycles. The third kappa shape index (κ3) is 4.94. The fraction of sp³-hybridized carbons (Fsp3) is 0.462. The summed E-state index contributed by atoms with van der Waals surface area (Å²) < 4.78 is 7.88. The molecule has 1 aromatic carbocycles. The van der Waals surface area contributed by atoms with Gasteiger partial charge in [0.2, 0.25) is 0 Å². The summed E-state index contributed by atoms with van der Waals surface area (Å²) >= 11 is 1.71. The molecule has 184 valence electrons. The van der Waals surface area contributed by atoms with Crippen LogP contribution in [-0.2, 0) is 16.8 Å². The van der Waals surface area contributed by atoms with Crippen LogP contribution in [0, 0.1) is 6.92 Å². The normalized spacial score (nSPS) is 17.5. The number of pyridine rings is 1. The molecule has 3 aromatic heterocycles. The van der Waals surface area contributed by atoms with Gasteiger partial charge in [0, 0.05) is 30.1 Å². The third-order valence-corrected chi connectivity index (χ3v) is 7.41. The summed E-state index contributed by atoms with van der Waals surface area (Å²) in [5.74, 6) is 0.657. The van der Waals surface area contributed by atoms with Crippen LogP contribution in [0.4, 0.5) is 0 Å². The number of H-pyrrole nitrogens is 1. The zero-order valence-corrected chi connectivity index (χ0v) is 21.5. The van der Waals surface area contributed by atoms with E-state index in [0.29, 0.717) is 24.5 Å². The Morgan fingerprint density at radius 1 is 1.29 bits per heavy atom. The van der Waals surface area contributed by atoms with Gasteiger partial charge in [-0.1, -0.05) is 24.3 Å². The number of aromatic amines is 1. The van der Waals surface area contributed by atoms with E-state index in [0.717, 1.165) is 35.9 Å². The maximum atomic E-state index is 13.6. The Morgan fingerprint density at radius 3 is 2.86 bits per heavy atom. The minimum absolute atomic E-state index is 0.109. The van der Waals surface area contributed by atoms with Gasteiger partial charge < -0.3 is 9.72 Å². The quantitative estimate of drug-likeness (QED) is 0.411. The van der Waals surface area contributed by atoms with Crippen LogP contribution in [0.15, 0.2) is 46.6 Å². The Morgan fingerprint density at radius 2 is 2.14 bits per heavy atom. The molecule has 1 aliphatic rings. The van der Waals surface area contributed by atoms with Gasteiger partial charge in [-0.05, 0) is 79.4 Å². The lowest BCUT2D eigenvalue weighted by Gasteiger charge is -2.34. The predicted octanol–water partition coefficient (Wildman–Crippen LogP) is 4.41. The number of ether oxygens (including phenoxy) is 1. The number of hydrogen-bond donors (Lipinski definition) is 1. The molecule has 4 heterocycles. The van der Waals surface area contributed by atoms with Crippen LogP contribution < -0.4 is 5.56 Å². The highest BCUT2D eigenvalue weighted by atomic mass is 32.1. The van der Waals surface area contributed by atoms with Crippen molar-refractivity contribution >= 4 is 22.2 Å². The average Bonchev–Trinajstić information content (AvgIpc) is 3.58. The Bertz CT molecular complexity index is 1350. The van der Waals surface area contributed by atoms with E-state index in [9.17, 15) is 4.79 Å². The van der Waals surface area contributed by atoms with E-state index in [-0.39, 0.29) is 17.2 Å². The monoisotopic (exact) mass is 492 g/mol. The molecule has 0 saturated carbocycles. The molecule has 0 radical (unpaired) electrons. The van der Waals surface area contributed by atoms with Crippen LogP contribution in [0.1, 0.15) is 61.5 Å². The van der Waals surface area contributed by atoms with Crippen molar-refractivity contribution in [3.63, 3.8) is 0 Å². The van der Waals surface area contributed by atoms with E-state index in [2.05, 4.69) is 63.7 Å². The van der Waals surface area contributed by atoms with E-state index in [1.54, 1.807) is 11.3 Å². The van der Waals surface area contributed by atoms with E-state index < -0.39 is 6.04 Å². The summed E-state index contributed by atoms with van der Waals surface area (Å²) in [7, 11) is 0. The van der Waals surface area contributed by atoms with E-state index in [4.69, 9.17) is 4.74 Å². The lowest BCUT2D eigenvalue weighted by molar-refractivity contribution is 0.0569. The number of nitrogens with one attached hydrogen (secondary N) is 1. The molecule has 2 atom stereocenters. The van der Waals surface area contributed by atoms with Gasteiger partial charge in [-0.2, -0.15) is 0 Å². The number of thiophene rings is 1. The molecule has 0 bridgehead atoms. The molecule has 1 saturated heterocycles. The fourth-order valence-corrected chi connectivity index (χ4v) is 5.59. The summed E-state index contributed by atoms with van der Waals surface area (Å²) in [4.78, 5) is 20.3. The van der Waals surface area contributed by atoms with Crippen molar-refractivity contribution in [2.75, 3.05) is 13.2 Å². The Balaban J connectivity index is 1.70. The fourth-order valence-electron chi connectivity index (χ4n) is 4.86. The van der Waals surface area contributed by atoms with Crippen LogP contribution in [0.25, 0.3) is 10.9 Å². The Hall–Kier alpha value is -2.88. The number of aromatic nitrogens is 5. The van der Waals surface area contributed by atoms with Gasteiger partial charge in [0.1, 0.15) is 6.04 Å². The van der Waals surface area contributed by atoms with Crippen molar-refractivity contribution in [3.05, 3.63) is 74.0 Å². The number of tetrazole rings is 1. The maximum absolute atomic E-state index is 13.6. The second kappa shape index (κ2) is 9.64. The minimum atomic E-state index is -0.441. The number of rotatable bonds is 7. The standard InChI is InChI=1S/C26H32N6O2S/c1-17-8-5-9-18-14-21(25(33)27-22(17)18)23(24-28-29-30-32(24)26(2,3)4)31(15-19-10-6-12-34-19)16-20-11-7-13-35-20/h5,7-9,11,13-14,19,23H,6,10,12,15-16H2,1-4H3,(H,27,33)/t19-,23+/m1/s1. The number of aryl methyl sites for hydroxylation is 1. The number of hydrogen-bond acceptors (Lipinski definition) is 7. The van der Waals surface area contributed by atoms with Crippen molar-refractivity contribution in [1.29, 1.82) is 0 Å². The molecule has 0 aliphatic carbocycles. The molecule has 9 heteroatoms. The van der Waals surface area contributed by atoms with Gasteiger partial charge in [0.05, 0.1) is 17.2 Å².